The van der Waals surface area contributed by atoms with Gasteiger partial charge in [-0.25, -0.2) is 0 Å². The SMILES string of the molecule is C=Cc1ccccc1.CC(C)C(N(CCO)OC(CC(C)(C)C#N)c1ccccc1)P1(=O)Oc2ccccc2-c2ccccc21.CC(C)C(N(O)CCO)P1(=O)Oc2ccccc2-c2ccccc21. The van der Waals surface area contributed by atoms with Gasteiger partial charge in [-0.2, -0.15) is 15.4 Å². The molecule has 0 aromatic heterocycles. The third kappa shape index (κ3) is 12.2. The van der Waals surface area contributed by atoms with Gasteiger partial charge in [0.2, 0.25) is 0 Å². The number of aliphatic hydroxyl groups excluding tert-OH is 2. The van der Waals surface area contributed by atoms with Crippen molar-refractivity contribution in [2.45, 2.75) is 65.6 Å². The van der Waals surface area contributed by atoms with Crippen LogP contribution in [0.1, 0.15) is 65.2 Å². The summed E-state index contributed by atoms with van der Waals surface area (Å²) in [5.41, 5.74) is 4.97. The summed E-state index contributed by atoms with van der Waals surface area (Å²) in [6.07, 6.45) is 1.77. The molecule has 5 atom stereocenters. The van der Waals surface area contributed by atoms with E-state index < -0.39 is 37.8 Å². The van der Waals surface area contributed by atoms with E-state index in [1.54, 1.807) is 17.2 Å². The highest BCUT2D eigenvalue weighted by molar-refractivity contribution is 7.68. The molecule has 0 aliphatic carbocycles. The number of hydrogen-bond acceptors (Lipinski definition) is 11. The molecule has 11 nitrogen and oxygen atoms in total. The van der Waals surface area contributed by atoms with Crippen LogP contribution in [-0.4, -0.2) is 63.4 Å². The first-order valence-electron chi connectivity index (χ1n) is 23.3. The predicted octanol–water partition coefficient (Wildman–Crippen LogP) is 12.2. The number of hydrogen-bond donors (Lipinski definition) is 3. The molecule has 5 unspecified atom stereocenters. The number of nitriles is 1. The lowest BCUT2D eigenvalue weighted by molar-refractivity contribution is -0.225. The minimum absolute atomic E-state index is 0.0139. The van der Waals surface area contributed by atoms with E-state index >= 15 is 4.57 Å². The normalized spacial score (nSPS) is 18.0. The van der Waals surface area contributed by atoms with Crippen LogP contribution in [0.2, 0.25) is 0 Å². The lowest BCUT2D eigenvalue weighted by Crippen LogP contribution is -2.45. The average Bonchev–Trinajstić information content (AvgIpc) is 3.35. The molecule has 0 fully saturated rings. The van der Waals surface area contributed by atoms with Gasteiger partial charge in [0, 0.05) is 24.2 Å². The monoisotopic (exact) mass is 969 g/mol. The Bertz CT molecular complexity index is 2760. The second-order valence-electron chi connectivity index (χ2n) is 18.3. The van der Waals surface area contributed by atoms with Crippen LogP contribution >= 0.6 is 14.7 Å². The van der Waals surface area contributed by atoms with Crippen LogP contribution in [0.15, 0.2) is 164 Å². The van der Waals surface area contributed by atoms with Crippen LogP contribution in [0.5, 0.6) is 11.5 Å². The Morgan fingerprint density at radius 1 is 0.638 bits per heavy atom. The summed E-state index contributed by atoms with van der Waals surface area (Å²) in [6.45, 7) is 14.9. The van der Waals surface area contributed by atoms with Gasteiger partial charge in [0.15, 0.2) is 0 Å². The number of hydroxylamine groups is 4. The van der Waals surface area contributed by atoms with Crippen molar-refractivity contribution in [3.63, 3.8) is 0 Å². The van der Waals surface area contributed by atoms with Crippen LogP contribution in [0.4, 0.5) is 0 Å². The van der Waals surface area contributed by atoms with Crippen LogP contribution in [0, 0.1) is 28.6 Å². The van der Waals surface area contributed by atoms with Gasteiger partial charge in [-0.15, -0.1) is 0 Å². The van der Waals surface area contributed by atoms with E-state index in [1.165, 1.54) is 5.56 Å². The molecule has 0 saturated carbocycles. The molecular weight excluding hydrogens is 905 g/mol. The molecular formula is C56H65N3O8P2. The fourth-order valence-electron chi connectivity index (χ4n) is 8.80. The van der Waals surface area contributed by atoms with Gasteiger partial charge in [0.1, 0.15) is 29.2 Å². The number of fused-ring (bicyclic) bond motifs is 6. The summed E-state index contributed by atoms with van der Waals surface area (Å²) >= 11 is 0. The zero-order valence-electron chi connectivity index (χ0n) is 40.3. The van der Waals surface area contributed by atoms with Crippen molar-refractivity contribution in [2.24, 2.45) is 17.3 Å². The molecule has 13 heteroatoms. The molecule has 8 rings (SSSR count). The van der Waals surface area contributed by atoms with E-state index in [0.29, 0.717) is 28.5 Å². The van der Waals surface area contributed by atoms with E-state index in [1.807, 2.05) is 193 Å². The molecule has 0 radical (unpaired) electrons. The molecule has 0 amide bonds. The predicted molar refractivity (Wildman–Crippen MR) is 277 cm³/mol. The smallest absolute Gasteiger partial charge is 0.297 e. The zero-order valence-corrected chi connectivity index (χ0v) is 42.1. The molecule has 0 spiro atoms. The quantitative estimate of drug-likeness (QED) is 0.0627. The molecule has 0 saturated heterocycles. The Kier molecular flexibility index (Phi) is 18.2. The highest BCUT2D eigenvalue weighted by atomic mass is 31.2. The summed E-state index contributed by atoms with van der Waals surface area (Å²) in [7, 11) is -6.99. The third-order valence-electron chi connectivity index (χ3n) is 11.9. The molecule has 3 N–H and O–H groups in total. The van der Waals surface area contributed by atoms with Gasteiger partial charge in [0.25, 0.3) is 14.7 Å². The summed E-state index contributed by atoms with van der Waals surface area (Å²) in [4.78, 5) is 6.63. The second-order valence-corrected chi connectivity index (χ2v) is 23.1. The summed E-state index contributed by atoms with van der Waals surface area (Å²) in [5.74, 6) is -0.557. The van der Waals surface area contributed by atoms with Crippen LogP contribution in [-0.2, 0) is 14.0 Å². The van der Waals surface area contributed by atoms with Crippen LogP contribution in [0.3, 0.4) is 0 Å². The first-order valence-corrected chi connectivity index (χ1v) is 26.7. The lowest BCUT2D eigenvalue weighted by atomic mass is 9.86. The van der Waals surface area contributed by atoms with Crippen molar-refractivity contribution in [2.75, 3.05) is 26.3 Å². The van der Waals surface area contributed by atoms with E-state index in [9.17, 15) is 25.2 Å². The molecule has 2 aliphatic rings. The molecule has 0 bridgehead atoms. The summed E-state index contributed by atoms with van der Waals surface area (Å²) in [5, 5.41) is 43.2. The van der Waals surface area contributed by atoms with Gasteiger partial charge >= 0.3 is 0 Å². The maximum absolute atomic E-state index is 15.1. The number of aliphatic hydroxyl groups is 2. The van der Waals surface area contributed by atoms with E-state index in [-0.39, 0.29) is 38.1 Å². The van der Waals surface area contributed by atoms with Gasteiger partial charge in [-0.3, -0.25) is 14.0 Å². The summed E-state index contributed by atoms with van der Waals surface area (Å²) < 4.78 is 41.4. The Hall–Kier alpha value is -5.63. The number of nitrogens with zero attached hydrogens (tertiary/aromatic N) is 3. The molecule has 362 valence electrons. The minimum Gasteiger partial charge on any atom is -0.438 e. The molecule has 69 heavy (non-hydrogen) atoms. The van der Waals surface area contributed by atoms with Gasteiger partial charge < -0.3 is 24.5 Å². The van der Waals surface area contributed by atoms with E-state index in [0.717, 1.165) is 32.9 Å². The zero-order chi connectivity index (χ0) is 49.8. The van der Waals surface area contributed by atoms with E-state index in [4.69, 9.17) is 13.9 Å². The first-order chi connectivity index (χ1) is 33.1. The number of para-hydroxylation sites is 2. The molecule has 6 aromatic carbocycles. The van der Waals surface area contributed by atoms with Gasteiger partial charge in [0.05, 0.1) is 35.3 Å². The number of benzene rings is 6. The first kappa shape index (κ1) is 52.7. The maximum atomic E-state index is 15.1. The van der Waals surface area contributed by atoms with Gasteiger partial charge in [-0.1, -0.05) is 174 Å². The third-order valence-corrected chi connectivity index (χ3v) is 18.1. The Morgan fingerprint density at radius 3 is 1.49 bits per heavy atom. The minimum atomic E-state index is -3.57. The molecule has 2 heterocycles. The highest BCUT2D eigenvalue weighted by Crippen LogP contribution is 2.61. The van der Waals surface area contributed by atoms with Gasteiger partial charge in [-0.05, 0) is 78.6 Å². The van der Waals surface area contributed by atoms with Crippen molar-refractivity contribution < 1.29 is 38.4 Å². The largest absolute Gasteiger partial charge is 0.438 e. The Balaban J connectivity index is 0.000000207. The fraction of sp³-hybridized carbons (Fsp3) is 0.304. The van der Waals surface area contributed by atoms with Crippen LogP contribution < -0.4 is 19.7 Å². The van der Waals surface area contributed by atoms with Crippen molar-refractivity contribution in [3.8, 4) is 39.8 Å². The molecule has 6 aromatic rings. The highest BCUT2D eigenvalue weighted by Gasteiger charge is 2.49. The topological polar surface area (TPSA) is 153 Å². The van der Waals surface area contributed by atoms with Crippen LogP contribution in [0.25, 0.3) is 28.3 Å². The van der Waals surface area contributed by atoms with E-state index in [2.05, 4.69) is 12.6 Å². The van der Waals surface area contributed by atoms with Crippen molar-refractivity contribution in [1.82, 2.24) is 10.1 Å². The van der Waals surface area contributed by atoms with Crippen molar-refractivity contribution in [1.29, 1.82) is 5.26 Å². The standard InChI is InChI=1S/C30H35N2O4P.C18H22NO4P.C8H8/c1-22(2)29(37(34)28-17-11-9-15-25(28)24-14-8-10-16-26(24)36-37)32(18-19-33)35-27(20-30(3,4)21-31)23-12-6-5-7-13-23;1-13(2)18(19(21)11-12-20)24(22)17-10-6-4-8-15(17)14-7-3-5-9-16(14)23-24;1-2-8-6-4-3-5-7-8/h5-17,22,27,29,33H,18-20H2,1-4H3;3-10,13,18,20-21H,11-12H2,1-2H3;2-7H,1H2. The van der Waals surface area contributed by atoms with Crippen molar-refractivity contribution in [3.05, 3.63) is 175 Å². The summed E-state index contributed by atoms with van der Waals surface area (Å²) in [6, 6.07) is 52.3. The van der Waals surface area contributed by atoms with Crippen molar-refractivity contribution >= 4 is 31.4 Å². The number of rotatable bonds is 16. The Labute approximate surface area is 408 Å². The average molecular weight is 970 g/mol. The fourth-order valence-corrected chi connectivity index (χ4v) is 14.9. The lowest BCUT2D eigenvalue weighted by Gasteiger charge is -2.42. The maximum Gasteiger partial charge on any atom is 0.297 e. The molecule has 2 aliphatic heterocycles. The second kappa shape index (κ2) is 23.8. The Morgan fingerprint density at radius 2 is 1.06 bits per heavy atom.